The predicted molar refractivity (Wildman–Crippen MR) is 99.8 cm³/mol. The van der Waals surface area contributed by atoms with Crippen LogP contribution in [0.4, 0.5) is 5.69 Å². The molecule has 0 spiro atoms. The van der Waals surface area contributed by atoms with Crippen molar-refractivity contribution in [2.45, 2.75) is 26.4 Å². The lowest BCUT2D eigenvalue weighted by molar-refractivity contribution is -0.121. The van der Waals surface area contributed by atoms with Gasteiger partial charge in [-0.15, -0.1) is 0 Å². The van der Waals surface area contributed by atoms with E-state index >= 15 is 0 Å². The van der Waals surface area contributed by atoms with Gasteiger partial charge in [-0.2, -0.15) is 0 Å². The third kappa shape index (κ3) is 4.42. The van der Waals surface area contributed by atoms with Crippen LogP contribution in [0, 0.1) is 6.92 Å². The van der Waals surface area contributed by atoms with Gasteiger partial charge in [0.2, 0.25) is 5.91 Å². The summed E-state index contributed by atoms with van der Waals surface area (Å²) in [5.41, 5.74) is 1.67. The first kappa shape index (κ1) is 18.0. The molecular weight excluding hydrogens is 338 g/mol. The van der Waals surface area contributed by atoms with Gasteiger partial charge in [-0.1, -0.05) is 17.7 Å². The average molecular weight is 362 g/mol. The number of hydrogen-bond acceptors (Lipinski definition) is 4. The molecule has 1 amide bonds. The first-order valence-corrected chi connectivity index (χ1v) is 8.97. The average Bonchev–Trinajstić information content (AvgIpc) is 3.12. The minimum absolute atomic E-state index is 0.00449. The van der Waals surface area contributed by atoms with Crippen LogP contribution in [0.5, 0.6) is 0 Å². The zero-order chi connectivity index (χ0) is 17.8. The molecule has 2 heterocycles. The Balaban J connectivity index is 1.52. The second-order valence-electron chi connectivity index (χ2n) is 6.47. The fraction of sp³-hybridized carbons (Fsp3) is 0.421. The molecule has 0 saturated carbocycles. The van der Waals surface area contributed by atoms with Gasteiger partial charge in [0.25, 0.3) is 0 Å². The Morgan fingerprint density at radius 2 is 2.00 bits per heavy atom. The zero-order valence-corrected chi connectivity index (χ0v) is 15.4. The van der Waals surface area contributed by atoms with E-state index in [-0.39, 0.29) is 11.9 Å². The SMILES string of the molecule is Cc1c(Cl)cccc1NC(=O)[C@@H](C)N1CCN(Cc2ccco2)CC1. The summed E-state index contributed by atoms with van der Waals surface area (Å²) in [5.74, 6) is 0.987. The molecule has 2 aromatic rings. The second-order valence-corrected chi connectivity index (χ2v) is 6.88. The summed E-state index contributed by atoms with van der Waals surface area (Å²) in [6, 6.07) is 9.29. The summed E-state index contributed by atoms with van der Waals surface area (Å²) in [5, 5.41) is 3.67. The maximum atomic E-state index is 12.6. The van der Waals surface area contributed by atoms with Gasteiger partial charge in [0.05, 0.1) is 18.8 Å². The van der Waals surface area contributed by atoms with Crippen molar-refractivity contribution in [3.63, 3.8) is 0 Å². The first-order valence-electron chi connectivity index (χ1n) is 8.59. The molecule has 1 atom stereocenters. The van der Waals surface area contributed by atoms with Crippen molar-refractivity contribution in [1.29, 1.82) is 0 Å². The number of benzene rings is 1. The minimum Gasteiger partial charge on any atom is -0.468 e. The number of nitrogens with one attached hydrogen (secondary N) is 1. The molecule has 134 valence electrons. The molecule has 1 aromatic heterocycles. The van der Waals surface area contributed by atoms with Gasteiger partial charge in [-0.05, 0) is 43.7 Å². The van der Waals surface area contributed by atoms with Gasteiger partial charge < -0.3 is 9.73 Å². The van der Waals surface area contributed by atoms with Gasteiger partial charge in [-0.3, -0.25) is 14.6 Å². The van der Waals surface area contributed by atoms with E-state index in [1.807, 2.05) is 44.2 Å². The highest BCUT2D eigenvalue weighted by Gasteiger charge is 2.26. The fourth-order valence-electron chi connectivity index (χ4n) is 3.08. The van der Waals surface area contributed by atoms with Gasteiger partial charge in [0, 0.05) is 36.9 Å². The summed E-state index contributed by atoms with van der Waals surface area (Å²) in [7, 11) is 0. The summed E-state index contributed by atoms with van der Waals surface area (Å²) in [6.45, 7) is 8.27. The number of amides is 1. The summed E-state index contributed by atoms with van der Waals surface area (Å²) < 4.78 is 5.41. The molecule has 0 aliphatic carbocycles. The first-order chi connectivity index (χ1) is 12.0. The van der Waals surface area contributed by atoms with Crippen molar-refractivity contribution in [2.75, 3.05) is 31.5 Å². The Morgan fingerprint density at radius 3 is 2.68 bits per heavy atom. The van der Waals surface area contributed by atoms with Crippen molar-refractivity contribution in [2.24, 2.45) is 0 Å². The molecule has 0 unspecified atom stereocenters. The van der Waals surface area contributed by atoms with Crippen LogP contribution in [0.25, 0.3) is 0 Å². The van der Waals surface area contributed by atoms with Crippen LogP contribution in [-0.4, -0.2) is 47.9 Å². The molecular formula is C19H24ClN3O2. The van der Waals surface area contributed by atoms with Crippen molar-refractivity contribution in [1.82, 2.24) is 9.80 Å². The van der Waals surface area contributed by atoms with E-state index in [9.17, 15) is 4.79 Å². The second kappa shape index (κ2) is 8.04. The van der Waals surface area contributed by atoms with E-state index in [1.165, 1.54) is 0 Å². The number of carbonyl (C=O) groups is 1. The number of anilines is 1. The van der Waals surface area contributed by atoms with E-state index in [4.69, 9.17) is 16.0 Å². The van der Waals surface area contributed by atoms with E-state index < -0.39 is 0 Å². The van der Waals surface area contributed by atoms with Crippen molar-refractivity contribution >= 4 is 23.2 Å². The molecule has 1 aliphatic heterocycles. The highest BCUT2D eigenvalue weighted by atomic mass is 35.5. The maximum absolute atomic E-state index is 12.6. The Labute approximate surface area is 153 Å². The molecule has 3 rings (SSSR count). The largest absolute Gasteiger partial charge is 0.468 e. The van der Waals surface area contributed by atoms with Crippen LogP contribution in [0.2, 0.25) is 5.02 Å². The number of hydrogen-bond donors (Lipinski definition) is 1. The van der Waals surface area contributed by atoms with E-state index in [1.54, 1.807) is 6.26 Å². The lowest BCUT2D eigenvalue weighted by atomic mass is 10.1. The highest BCUT2D eigenvalue weighted by Crippen LogP contribution is 2.23. The van der Waals surface area contributed by atoms with Gasteiger partial charge in [-0.25, -0.2) is 0 Å². The fourth-order valence-corrected chi connectivity index (χ4v) is 3.25. The van der Waals surface area contributed by atoms with Crippen LogP contribution in [-0.2, 0) is 11.3 Å². The monoisotopic (exact) mass is 361 g/mol. The molecule has 5 nitrogen and oxygen atoms in total. The van der Waals surface area contributed by atoms with Crippen LogP contribution in [0.1, 0.15) is 18.2 Å². The Morgan fingerprint density at radius 1 is 1.24 bits per heavy atom. The standard InChI is InChI=1S/C19H24ClN3O2/c1-14-17(20)6-3-7-18(14)21-19(24)15(2)23-10-8-22(9-11-23)13-16-5-4-12-25-16/h3-7,12,15H,8-11,13H2,1-2H3,(H,21,24)/t15-/m1/s1. The summed E-state index contributed by atoms with van der Waals surface area (Å²) in [6.07, 6.45) is 1.70. The van der Waals surface area contributed by atoms with Gasteiger partial charge in [0.15, 0.2) is 0 Å². The third-order valence-electron chi connectivity index (χ3n) is 4.82. The Kier molecular flexibility index (Phi) is 5.78. The lowest BCUT2D eigenvalue weighted by Gasteiger charge is -2.37. The number of nitrogens with zero attached hydrogens (tertiary/aromatic N) is 2. The maximum Gasteiger partial charge on any atom is 0.241 e. The summed E-state index contributed by atoms with van der Waals surface area (Å²) in [4.78, 5) is 17.2. The number of rotatable bonds is 5. The number of carbonyl (C=O) groups excluding carboxylic acids is 1. The Hall–Kier alpha value is -1.82. The van der Waals surface area contributed by atoms with Gasteiger partial charge >= 0.3 is 0 Å². The summed E-state index contributed by atoms with van der Waals surface area (Å²) >= 11 is 6.12. The normalized spacial score (nSPS) is 17.4. The number of furan rings is 1. The molecule has 25 heavy (non-hydrogen) atoms. The van der Waals surface area contributed by atoms with Gasteiger partial charge in [0.1, 0.15) is 5.76 Å². The van der Waals surface area contributed by atoms with Crippen LogP contribution in [0.15, 0.2) is 41.0 Å². The Bertz CT molecular complexity index is 709. The van der Waals surface area contributed by atoms with Crippen molar-refractivity contribution < 1.29 is 9.21 Å². The molecule has 0 bridgehead atoms. The topological polar surface area (TPSA) is 48.7 Å². The molecule has 1 aromatic carbocycles. The molecule has 1 aliphatic rings. The van der Waals surface area contributed by atoms with Crippen LogP contribution >= 0.6 is 11.6 Å². The minimum atomic E-state index is -0.177. The molecule has 1 saturated heterocycles. The lowest BCUT2D eigenvalue weighted by Crippen LogP contribution is -2.52. The molecule has 1 fully saturated rings. The van der Waals surface area contributed by atoms with Crippen molar-refractivity contribution in [3.05, 3.63) is 52.9 Å². The van der Waals surface area contributed by atoms with E-state index in [2.05, 4.69) is 15.1 Å². The predicted octanol–water partition coefficient (Wildman–Crippen LogP) is 3.39. The quantitative estimate of drug-likeness (QED) is 0.886. The third-order valence-corrected chi connectivity index (χ3v) is 5.23. The van der Waals surface area contributed by atoms with Crippen LogP contribution in [0.3, 0.4) is 0 Å². The van der Waals surface area contributed by atoms with Crippen molar-refractivity contribution in [3.8, 4) is 0 Å². The molecule has 0 radical (unpaired) electrons. The molecule has 1 N–H and O–H groups in total. The number of halogens is 1. The van der Waals surface area contributed by atoms with E-state index in [0.29, 0.717) is 5.02 Å². The smallest absolute Gasteiger partial charge is 0.241 e. The van der Waals surface area contributed by atoms with E-state index in [0.717, 1.165) is 49.7 Å². The highest BCUT2D eigenvalue weighted by molar-refractivity contribution is 6.31. The zero-order valence-electron chi connectivity index (χ0n) is 14.7. The molecule has 6 heteroatoms. The van der Waals surface area contributed by atoms with Crippen LogP contribution < -0.4 is 5.32 Å². The number of piperazine rings is 1.